The van der Waals surface area contributed by atoms with E-state index in [4.69, 9.17) is 15.6 Å². The van der Waals surface area contributed by atoms with E-state index in [2.05, 4.69) is 10.3 Å². The fourth-order valence-corrected chi connectivity index (χ4v) is 2.83. The Morgan fingerprint density at radius 2 is 2.08 bits per heavy atom. The van der Waals surface area contributed by atoms with Crippen molar-refractivity contribution in [3.8, 4) is 0 Å². The molecular weight excluding hydrogens is 344 g/mol. The molecule has 2 heterocycles. The molecule has 10 nitrogen and oxygen atoms in total. The molecule has 0 radical (unpaired) electrons. The maximum Gasteiger partial charge on any atom is 0.330 e. The van der Waals surface area contributed by atoms with Crippen LogP contribution in [0.15, 0.2) is 15.8 Å². The Hall–Kier alpha value is -2.01. The summed E-state index contributed by atoms with van der Waals surface area (Å²) in [5.41, 5.74) is 3.67. The van der Waals surface area contributed by atoms with Gasteiger partial charge in [-0.1, -0.05) is 12.8 Å². The van der Waals surface area contributed by atoms with Gasteiger partial charge in [0.05, 0.1) is 12.7 Å². The van der Waals surface area contributed by atoms with Gasteiger partial charge in [0.1, 0.15) is 17.9 Å². The zero-order valence-corrected chi connectivity index (χ0v) is 14.5. The molecule has 0 spiro atoms. The van der Waals surface area contributed by atoms with E-state index in [0.717, 1.165) is 36.4 Å². The molecule has 1 aliphatic heterocycles. The number of carbonyl (C=O) groups excluding carboxylic acids is 1. The van der Waals surface area contributed by atoms with E-state index < -0.39 is 42.2 Å². The van der Waals surface area contributed by atoms with Crippen molar-refractivity contribution in [1.29, 1.82) is 0 Å². The Balaban J connectivity index is 2.04. The molecule has 0 saturated carbocycles. The van der Waals surface area contributed by atoms with Crippen molar-refractivity contribution in [1.82, 2.24) is 14.9 Å². The van der Waals surface area contributed by atoms with Gasteiger partial charge in [-0.15, -0.1) is 0 Å². The highest BCUT2D eigenvalue weighted by atomic mass is 16.5. The number of rotatable bonds is 9. The molecule has 10 heteroatoms. The zero-order chi connectivity index (χ0) is 19.1. The van der Waals surface area contributed by atoms with Crippen LogP contribution in [0.5, 0.6) is 0 Å². The van der Waals surface area contributed by atoms with Crippen LogP contribution < -0.4 is 22.3 Å². The van der Waals surface area contributed by atoms with Crippen molar-refractivity contribution in [2.75, 3.05) is 19.7 Å². The second kappa shape index (κ2) is 9.62. The van der Waals surface area contributed by atoms with Crippen molar-refractivity contribution >= 4 is 5.91 Å². The summed E-state index contributed by atoms with van der Waals surface area (Å²) in [7, 11) is 0. The highest BCUT2D eigenvalue weighted by molar-refractivity contribution is 5.93. The highest BCUT2D eigenvalue weighted by Crippen LogP contribution is 2.27. The van der Waals surface area contributed by atoms with Crippen molar-refractivity contribution in [2.45, 2.75) is 50.5 Å². The second-order valence-electron chi connectivity index (χ2n) is 6.28. The number of amides is 1. The molecule has 0 aliphatic carbocycles. The number of aromatic nitrogens is 2. The third-order valence-corrected chi connectivity index (χ3v) is 4.32. The van der Waals surface area contributed by atoms with Crippen LogP contribution in [0, 0.1) is 0 Å². The number of hydrogen-bond donors (Lipinski definition) is 5. The van der Waals surface area contributed by atoms with E-state index in [0.29, 0.717) is 13.1 Å². The lowest BCUT2D eigenvalue weighted by Crippen LogP contribution is -2.38. The predicted molar refractivity (Wildman–Crippen MR) is 92.8 cm³/mol. The number of H-pyrrole nitrogens is 1. The van der Waals surface area contributed by atoms with E-state index in [1.807, 2.05) is 0 Å². The summed E-state index contributed by atoms with van der Waals surface area (Å²) in [6.07, 6.45) is 2.17. The summed E-state index contributed by atoms with van der Waals surface area (Å²) >= 11 is 0. The third-order valence-electron chi connectivity index (χ3n) is 4.32. The van der Waals surface area contributed by atoms with Gasteiger partial charge >= 0.3 is 5.69 Å². The first kappa shape index (κ1) is 20.3. The largest absolute Gasteiger partial charge is 0.394 e. The smallest absolute Gasteiger partial charge is 0.330 e. The number of carbonyl (C=O) groups is 1. The molecule has 26 heavy (non-hydrogen) atoms. The van der Waals surface area contributed by atoms with Crippen molar-refractivity contribution in [2.24, 2.45) is 5.73 Å². The number of nitrogens with two attached hydrogens (primary N) is 1. The lowest BCUT2D eigenvalue weighted by Gasteiger charge is -2.15. The van der Waals surface area contributed by atoms with Gasteiger partial charge in [0.25, 0.3) is 11.5 Å². The standard InChI is InChI=1S/C16H26N4O6/c17-5-3-1-2-4-6-18-14(23)10-8-20(16(25)19-15(10)24)13-7-11(22)12(9-21)26-13/h8,11-13,21-22H,1-7,9,17H2,(H,18,23)(H,19,24,25)/t11?,12-,13-/m0/s1. The number of nitrogens with zero attached hydrogens (tertiary/aromatic N) is 1. The average Bonchev–Trinajstić information content (AvgIpc) is 2.98. The first-order valence-electron chi connectivity index (χ1n) is 8.76. The van der Waals surface area contributed by atoms with Gasteiger partial charge in [0.15, 0.2) is 0 Å². The molecular formula is C16H26N4O6. The summed E-state index contributed by atoms with van der Waals surface area (Å²) in [6, 6.07) is 0. The molecule has 1 amide bonds. The minimum Gasteiger partial charge on any atom is -0.394 e. The average molecular weight is 370 g/mol. The van der Waals surface area contributed by atoms with Crippen LogP contribution in [0.1, 0.15) is 48.7 Å². The molecule has 0 bridgehead atoms. The van der Waals surface area contributed by atoms with Crippen molar-refractivity contribution < 1.29 is 19.7 Å². The summed E-state index contributed by atoms with van der Waals surface area (Å²) < 4.78 is 6.45. The molecule has 1 fully saturated rings. The molecule has 2 rings (SSSR count). The number of aliphatic hydroxyl groups is 2. The Bertz CT molecular complexity index is 715. The van der Waals surface area contributed by atoms with Crippen LogP contribution in [0.25, 0.3) is 0 Å². The van der Waals surface area contributed by atoms with Crippen LogP contribution in [0.4, 0.5) is 0 Å². The molecule has 0 aromatic carbocycles. The zero-order valence-electron chi connectivity index (χ0n) is 14.5. The van der Waals surface area contributed by atoms with Gasteiger partial charge < -0.3 is 26.0 Å². The molecule has 1 aliphatic rings. The van der Waals surface area contributed by atoms with E-state index in [-0.39, 0.29) is 12.0 Å². The van der Waals surface area contributed by atoms with E-state index in [9.17, 15) is 19.5 Å². The lowest BCUT2D eigenvalue weighted by molar-refractivity contribution is -0.0459. The van der Waals surface area contributed by atoms with Gasteiger partial charge in [0.2, 0.25) is 0 Å². The van der Waals surface area contributed by atoms with Gasteiger partial charge in [-0.05, 0) is 19.4 Å². The molecule has 146 valence electrons. The van der Waals surface area contributed by atoms with E-state index in [1.165, 1.54) is 0 Å². The Labute approximate surface area is 150 Å². The monoisotopic (exact) mass is 370 g/mol. The van der Waals surface area contributed by atoms with Crippen LogP contribution in [0.3, 0.4) is 0 Å². The Morgan fingerprint density at radius 3 is 2.73 bits per heavy atom. The molecule has 1 unspecified atom stereocenters. The predicted octanol–water partition coefficient (Wildman–Crippen LogP) is -1.57. The van der Waals surface area contributed by atoms with Gasteiger partial charge in [-0.2, -0.15) is 0 Å². The lowest BCUT2D eigenvalue weighted by atomic mass is 10.2. The molecule has 3 atom stereocenters. The fraction of sp³-hybridized carbons (Fsp3) is 0.688. The fourth-order valence-electron chi connectivity index (χ4n) is 2.83. The number of aliphatic hydroxyl groups excluding tert-OH is 2. The molecule has 6 N–H and O–H groups in total. The van der Waals surface area contributed by atoms with Gasteiger partial charge in [-0.25, -0.2) is 4.79 Å². The van der Waals surface area contributed by atoms with Crippen molar-refractivity contribution in [3.05, 3.63) is 32.6 Å². The topological polar surface area (TPSA) is 160 Å². The Kier molecular flexibility index (Phi) is 7.51. The minimum absolute atomic E-state index is 0.0688. The van der Waals surface area contributed by atoms with Crippen LogP contribution in [-0.2, 0) is 4.74 Å². The number of nitrogens with one attached hydrogen (secondary N) is 2. The third kappa shape index (κ3) is 5.01. The van der Waals surface area contributed by atoms with E-state index in [1.54, 1.807) is 0 Å². The van der Waals surface area contributed by atoms with Crippen LogP contribution >= 0.6 is 0 Å². The molecule has 1 aromatic rings. The number of ether oxygens (including phenoxy) is 1. The van der Waals surface area contributed by atoms with Gasteiger partial charge in [-0.3, -0.25) is 19.1 Å². The summed E-state index contributed by atoms with van der Waals surface area (Å²) in [5.74, 6) is -0.587. The highest BCUT2D eigenvalue weighted by Gasteiger charge is 2.35. The summed E-state index contributed by atoms with van der Waals surface area (Å²) in [4.78, 5) is 38.2. The van der Waals surface area contributed by atoms with Crippen LogP contribution in [0.2, 0.25) is 0 Å². The minimum atomic E-state index is -0.936. The first-order chi connectivity index (χ1) is 12.5. The summed E-state index contributed by atoms with van der Waals surface area (Å²) in [5, 5.41) is 21.6. The van der Waals surface area contributed by atoms with E-state index >= 15 is 0 Å². The van der Waals surface area contributed by atoms with Crippen molar-refractivity contribution in [3.63, 3.8) is 0 Å². The maximum absolute atomic E-state index is 12.2. The number of hydrogen-bond acceptors (Lipinski definition) is 7. The SMILES string of the molecule is NCCCCCCNC(=O)c1cn([C@@H]2CC(O)[C@H](CO)O2)c(=O)[nH]c1=O. The molecule has 1 saturated heterocycles. The maximum atomic E-state index is 12.2. The number of aromatic amines is 1. The van der Waals surface area contributed by atoms with Gasteiger partial charge in [0, 0.05) is 19.2 Å². The normalized spacial score (nSPS) is 22.5. The Morgan fingerprint density at radius 1 is 1.35 bits per heavy atom. The quantitative estimate of drug-likeness (QED) is 0.328. The molecule has 1 aromatic heterocycles. The number of unbranched alkanes of at least 4 members (excludes halogenated alkanes) is 3. The van der Waals surface area contributed by atoms with Crippen LogP contribution in [-0.4, -0.2) is 57.6 Å². The summed E-state index contributed by atoms with van der Waals surface area (Å²) in [6.45, 7) is 0.652. The first-order valence-corrected chi connectivity index (χ1v) is 8.76. The second-order valence-corrected chi connectivity index (χ2v) is 6.28.